The Morgan fingerprint density at radius 2 is 1.64 bits per heavy atom. The van der Waals surface area contributed by atoms with Crippen LogP contribution in [0.1, 0.15) is 30.3 Å². The zero-order valence-corrected chi connectivity index (χ0v) is 19.8. The Labute approximate surface area is 197 Å². The van der Waals surface area contributed by atoms with Gasteiger partial charge in [0.15, 0.2) is 5.41 Å². The quantitative estimate of drug-likeness (QED) is 0.565. The van der Waals surface area contributed by atoms with Gasteiger partial charge in [-0.15, -0.1) is 11.3 Å². The third kappa shape index (κ3) is 3.72. The second kappa shape index (κ2) is 9.19. The molecule has 3 aromatic rings. The summed E-state index contributed by atoms with van der Waals surface area (Å²) in [5, 5.41) is 5.86. The molecule has 3 atom stereocenters. The SMILES string of the molecule is COC(=O)C1=C(C)NC(C)C(C(=O)OC)(c2nc(-c3ccccc3)cs2)C1c1ccccc1. The van der Waals surface area contributed by atoms with Gasteiger partial charge in [-0.3, -0.25) is 4.79 Å². The fourth-order valence-corrected chi connectivity index (χ4v) is 5.87. The van der Waals surface area contributed by atoms with E-state index in [2.05, 4.69) is 5.32 Å². The fraction of sp³-hybridized carbons (Fsp3) is 0.269. The Morgan fingerprint density at radius 3 is 2.24 bits per heavy atom. The van der Waals surface area contributed by atoms with Crippen LogP contribution in [-0.4, -0.2) is 37.2 Å². The first-order valence-electron chi connectivity index (χ1n) is 10.7. The van der Waals surface area contributed by atoms with Gasteiger partial charge in [0.2, 0.25) is 0 Å². The number of carbonyl (C=O) groups excluding carboxylic acids is 2. The summed E-state index contributed by atoms with van der Waals surface area (Å²) in [5.41, 5.74) is 2.31. The summed E-state index contributed by atoms with van der Waals surface area (Å²) in [5.74, 6) is -1.60. The average Bonchev–Trinajstić information content (AvgIpc) is 3.34. The molecule has 33 heavy (non-hydrogen) atoms. The zero-order chi connectivity index (χ0) is 23.6. The smallest absolute Gasteiger partial charge is 0.336 e. The van der Waals surface area contributed by atoms with Crippen LogP contribution in [0.4, 0.5) is 0 Å². The molecule has 0 fully saturated rings. The third-order valence-corrected chi connectivity index (χ3v) is 7.25. The molecule has 2 heterocycles. The zero-order valence-electron chi connectivity index (χ0n) is 19.0. The Morgan fingerprint density at radius 1 is 1.00 bits per heavy atom. The van der Waals surface area contributed by atoms with Crippen LogP contribution in [0.25, 0.3) is 11.3 Å². The number of thiazole rings is 1. The van der Waals surface area contributed by atoms with E-state index in [1.165, 1.54) is 25.6 Å². The first-order valence-corrected chi connectivity index (χ1v) is 11.5. The molecule has 1 aromatic heterocycles. The molecule has 170 valence electrons. The third-order valence-electron chi connectivity index (χ3n) is 6.25. The maximum Gasteiger partial charge on any atom is 0.336 e. The summed E-state index contributed by atoms with van der Waals surface area (Å²) < 4.78 is 10.6. The molecule has 0 aliphatic carbocycles. The first-order chi connectivity index (χ1) is 15.9. The molecule has 1 N–H and O–H groups in total. The fourth-order valence-electron chi connectivity index (χ4n) is 4.73. The van der Waals surface area contributed by atoms with E-state index >= 15 is 0 Å². The van der Waals surface area contributed by atoms with Crippen molar-refractivity contribution in [1.82, 2.24) is 10.3 Å². The van der Waals surface area contributed by atoms with Crippen molar-refractivity contribution >= 4 is 23.3 Å². The molecular formula is C26H26N2O4S. The van der Waals surface area contributed by atoms with Crippen LogP contribution < -0.4 is 5.32 Å². The van der Waals surface area contributed by atoms with Gasteiger partial charge < -0.3 is 14.8 Å². The molecule has 2 aromatic carbocycles. The monoisotopic (exact) mass is 462 g/mol. The number of nitrogens with one attached hydrogen (secondary N) is 1. The van der Waals surface area contributed by atoms with E-state index in [0.717, 1.165) is 16.8 Å². The summed E-state index contributed by atoms with van der Waals surface area (Å²) >= 11 is 1.39. The van der Waals surface area contributed by atoms with E-state index in [4.69, 9.17) is 14.5 Å². The molecule has 1 aliphatic heterocycles. The lowest BCUT2D eigenvalue weighted by atomic mass is 9.62. The van der Waals surface area contributed by atoms with Crippen LogP contribution in [0.3, 0.4) is 0 Å². The number of methoxy groups -OCH3 is 2. The number of hydrogen-bond donors (Lipinski definition) is 1. The standard InChI is InChI=1S/C26H26N2O4S/c1-16-21(23(29)31-3)22(19-13-9-6-10-14-19)26(17(2)27-16,25(30)32-4)24-28-20(15-33-24)18-11-7-5-8-12-18/h5-15,17,22,27H,1-4H3. The molecular weight excluding hydrogens is 436 g/mol. The Balaban J connectivity index is 2.02. The number of benzene rings is 2. The normalized spacial score (nSPS) is 22.4. The van der Waals surface area contributed by atoms with Gasteiger partial charge in [-0.1, -0.05) is 60.7 Å². The average molecular weight is 463 g/mol. The summed E-state index contributed by atoms with van der Waals surface area (Å²) in [4.78, 5) is 31.7. The van der Waals surface area contributed by atoms with Crippen LogP contribution in [0.15, 0.2) is 77.3 Å². The van der Waals surface area contributed by atoms with Crippen LogP contribution in [0.2, 0.25) is 0 Å². The molecule has 6 nitrogen and oxygen atoms in total. The van der Waals surface area contributed by atoms with Crippen molar-refractivity contribution < 1.29 is 19.1 Å². The van der Waals surface area contributed by atoms with Crippen LogP contribution >= 0.6 is 11.3 Å². The van der Waals surface area contributed by atoms with Crippen molar-refractivity contribution in [1.29, 1.82) is 0 Å². The lowest BCUT2D eigenvalue weighted by Gasteiger charge is -2.46. The second-order valence-electron chi connectivity index (χ2n) is 8.00. The van der Waals surface area contributed by atoms with Crippen LogP contribution in [0, 0.1) is 0 Å². The van der Waals surface area contributed by atoms with Crippen LogP contribution in [0.5, 0.6) is 0 Å². The van der Waals surface area contributed by atoms with Gasteiger partial charge in [-0.25, -0.2) is 9.78 Å². The minimum absolute atomic E-state index is 0.392. The molecule has 4 rings (SSSR count). The van der Waals surface area contributed by atoms with E-state index in [1.807, 2.05) is 79.9 Å². The predicted molar refractivity (Wildman–Crippen MR) is 128 cm³/mol. The van der Waals surface area contributed by atoms with Gasteiger partial charge in [0.25, 0.3) is 0 Å². The van der Waals surface area contributed by atoms with E-state index < -0.39 is 29.3 Å². The number of nitrogens with zero attached hydrogens (tertiary/aromatic N) is 1. The number of ether oxygens (including phenoxy) is 2. The highest BCUT2D eigenvalue weighted by Crippen LogP contribution is 2.51. The highest BCUT2D eigenvalue weighted by atomic mass is 32.1. The lowest BCUT2D eigenvalue weighted by molar-refractivity contribution is -0.150. The molecule has 0 radical (unpaired) electrons. The molecule has 7 heteroatoms. The van der Waals surface area contributed by atoms with Crippen molar-refractivity contribution in [3.8, 4) is 11.3 Å². The Kier molecular flexibility index (Phi) is 6.33. The van der Waals surface area contributed by atoms with Gasteiger partial charge in [0.05, 0.1) is 25.5 Å². The summed E-state index contributed by atoms with van der Waals surface area (Å²) in [6, 6.07) is 18.9. The number of esters is 2. The van der Waals surface area contributed by atoms with E-state index in [-0.39, 0.29) is 0 Å². The van der Waals surface area contributed by atoms with E-state index in [9.17, 15) is 9.59 Å². The first kappa shape index (κ1) is 22.7. The molecule has 1 aliphatic rings. The van der Waals surface area contributed by atoms with Gasteiger partial charge in [0, 0.05) is 28.6 Å². The molecule has 3 unspecified atom stereocenters. The predicted octanol–water partition coefficient (Wildman–Crippen LogP) is 4.44. The number of allylic oxidation sites excluding steroid dienone is 1. The highest BCUT2D eigenvalue weighted by molar-refractivity contribution is 7.10. The topological polar surface area (TPSA) is 77.5 Å². The van der Waals surface area contributed by atoms with Crippen molar-refractivity contribution in [2.45, 2.75) is 31.2 Å². The Bertz CT molecular complexity index is 1190. The lowest BCUT2D eigenvalue weighted by Crippen LogP contribution is -2.60. The number of rotatable bonds is 5. The Hall–Kier alpha value is -3.45. The number of carbonyl (C=O) groups is 2. The maximum atomic E-state index is 13.7. The second-order valence-corrected chi connectivity index (χ2v) is 8.86. The minimum atomic E-state index is -1.28. The number of hydrogen-bond acceptors (Lipinski definition) is 7. The highest BCUT2D eigenvalue weighted by Gasteiger charge is 2.60. The largest absolute Gasteiger partial charge is 0.468 e. The minimum Gasteiger partial charge on any atom is -0.468 e. The van der Waals surface area contributed by atoms with Crippen LogP contribution in [-0.2, 0) is 24.5 Å². The van der Waals surface area contributed by atoms with Gasteiger partial charge in [-0.05, 0) is 19.4 Å². The van der Waals surface area contributed by atoms with E-state index in [1.54, 1.807) is 0 Å². The number of aromatic nitrogens is 1. The van der Waals surface area contributed by atoms with Gasteiger partial charge >= 0.3 is 11.9 Å². The summed E-state index contributed by atoms with van der Waals surface area (Å²) in [7, 11) is 2.72. The van der Waals surface area contributed by atoms with Crippen molar-refractivity contribution in [2.24, 2.45) is 0 Å². The van der Waals surface area contributed by atoms with Crippen molar-refractivity contribution in [3.05, 3.63) is 87.9 Å². The molecule has 0 bridgehead atoms. The molecule has 0 saturated carbocycles. The van der Waals surface area contributed by atoms with E-state index in [0.29, 0.717) is 16.3 Å². The molecule has 0 spiro atoms. The van der Waals surface area contributed by atoms with Gasteiger partial charge in [0.1, 0.15) is 5.01 Å². The molecule has 0 saturated heterocycles. The summed E-state index contributed by atoms with van der Waals surface area (Å²) in [6.45, 7) is 3.76. The van der Waals surface area contributed by atoms with Gasteiger partial charge in [-0.2, -0.15) is 0 Å². The molecule has 0 amide bonds. The maximum absolute atomic E-state index is 13.7. The van der Waals surface area contributed by atoms with Crippen molar-refractivity contribution in [2.75, 3.05) is 14.2 Å². The summed E-state index contributed by atoms with van der Waals surface area (Å²) in [6.07, 6.45) is 0. The van der Waals surface area contributed by atoms with Crippen molar-refractivity contribution in [3.63, 3.8) is 0 Å².